The molecule has 24 heavy (non-hydrogen) atoms. The second kappa shape index (κ2) is 6.29. The fraction of sp³-hybridized carbons (Fsp3) is 0.167. The van der Waals surface area contributed by atoms with Crippen LogP contribution in [0.5, 0.6) is 0 Å². The van der Waals surface area contributed by atoms with Crippen molar-refractivity contribution in [2.45, 2.75) is 5.92 Å². The van der Waals surface area contributed by atoms with Gasteiger partial charge in [-0.25, -0.2) is 0 Å². The van der Waals surface area contributed by atoms with E-state index in [1.807, 2.05) is 23.6 Å². The molecule has 3 N–H and O–H groups in total. The summed E-state index contributed by atoms with van der Waals surface area (Å²) in [4.78, 5) is 2.29. The third-order valence-corrected chi connectivity index (χ3v) is 5.89. The Balaban J connectivity index is 1.84. The summed E-state index contributed by atoms with van der Waals surface area (Å²) in [5.74, 6) is 0.906. The first-order valence-electron chi connectivity index (χ1n) is 7.57. The summed E-state index contributed by atoms with van der Waals surface area (Å²) in [6.45, 7) is 1.42. The Kier molecular flexibility index (Phi) is 3.98. The lowest BCUT2D eigenvalue weighted by Crippen LogP contribution is -2.34. The number of thiophene rings is 2. The standard InChI is InChI=1S/C18H15N3OS2/c19-8-13-16(15-4-2-6-24-15)14-10-21-9-11(17(14)22-18(13)20)7-12-3-1-5-23-12/h1-7,16,21H,9-10,20H2/b11-7-/t16-/m1/s1. The molecule has 0 radical (unpaired) electrons. The highest BCUT2D eigenvalue weighted by Gasteiger charge is 2.36. The summed E-state index contributed by atoms with van der Waals surface area (Å²) in [5, 5.41) is 17.1. The molecule has 1 atom stereocenters. The molecule has 120 valence electrons. The Morgan fingerprint density at radius 2 is 2.08 bits per heavy atom. The van der Waals surface area contributed by atoms with Gasteiger partial charge in [-0.05, 0) is 29.0 Å². The van der Waals surface area contributed by atoms with Crippen molar-refractivity contribution >= 4 is 28.7 Å². The topological polar surface area (TPSA) is 71.1 Å². The van der Waals surface area contributed by atoms with Gasteiger partial charge in [0.2, 0.25) is 5.88 Å². The summed E-state index contributed by atoms with van der Waals surface area (Å²) < 4.78 is 5.90. The SMILES string of the molecule is N#CC1=C(N)OC2=C(CNC/C2=C/c2cccs2)[C@@H]1c1cccs1. The van der Waals surface area contributed by atoms with Gasteiger partial charge in [0, 0.05) is 34.0 Å². The van der Waals surface area contributed by atoms with E-state index in [-0.39, 0.29) is 11.8 Å². The van der Waals surface area contributed by atoms with E-state index < -0.39 is 0 Å². The van der Waals surface area contributed by atoms with Crippen molar-refractivity contribution in [3.05, 3.63) is 73.1 Å². The lowest BCUT2D eigenvalue weighted by molar-refractivity contribution is 0.279. The zero-order valence-electron chi connectivity index (χ0n) is 12.8. The number of ether oxygens (including phenoxy) is 1. The van der Waals surface area contributed by atoms with E-state index in [0.29, 0.717) is 12.1 Å². The van der Waals surface area contributed by atoms with Crippen LogP contribution in [0.3, 0.4) is 0 Å². The zero-order chi connectivity index (χ0) is 16.5. The number of nitrogens with two attached hydrogens (primary N) is 1. The molecule has 2 aromatic rings. The van der Waals surface area contributed by atoms with Crippen LogP contribution >= 0.6 is 22.7 Å². The van der Waals surface area contributed by atoms with E-state index in [0.717, 1.165) is 28.3 Å². The minimum Gasteiger partial charge on any atom is -0.440 e. The van der Waals surface area contributed by atoms with Gasteiger partial charge in [0.15, 0.2) is 0 Å². The highest BCUT2D eigenvalue weighted by molar-refractivity contribution is 7.10. The lowest BCUT2D eigenvalue weighted by Gasteiger charge is -2.32. The Morgan fingerprint density at radius 1 is 1.25 bits per heavy atom. The molecule has 0 fully saturated rings. The molecule has 4 heterocycles. The summed E-state index contributed by atoms with van der Waals surface area (Å²) in [6, 6.07) is 10.4. The molecule has 6 heteroatoms. The van der Waals surface area contributed by atoms with Crippen molar-refractivity contribution in [1.29, 1.82) is 5.26 Å². The van der Waals surface area contributed by atoms with E-state index >= 15 is 0 Å². The molecule has 0 saturated carbocycles. The van der Waals surface area contributed by atoms with Crippen molar-refractivity contribution in [3.8, 4) is 6.07 Å². The van der Waals surface area contributed by atoms with Crippen LogP contribution in [0.1, 0.15) is 15.7 Å². The first kappa shape index (κ1) is 15.2. The number of hydrogen-bond acceptors (Lipinski definition) is 6. The Bertz CT molecular complexity index is 883. The molecular weight excluding hydrogens is 338 g/mol. The Hall–Kier alpha value is -2.33. The van der Waals surface area contributed by atoms with E-state index in [1.54, 1.807) is 22.7 Å². The summed E-state index contributed by atoms with van der Waals surface area (Å²) >= 11 is 3.32. The summed E-state index contributed by atoms with van der Waals surface area (Å²) in [6.07, 6.45) is 2.13. The first-order valence-corrected chi connectivity index (χ1v) is 9.33. The molecule has 4 nitrogen and oxygen atoms in total. The van der Waals surface area contributed by atoms with E-state index in [4.69, 9.17) is 10.5 Å². The summed E-state index contributed by atoms with van der Waals surface area (Å²) in [7, 11) is 0. The predicted molar refractivity (Wildman–Crippen MR) is 97.2 cm³/mol. The van der Waals surface area contributed by atoms with Crippen LogP contribution in [0.15, 0.2) is 63.4 Å². The quantitative estimate of drug-likeness (QED) is 0.866. The lowest BCUT2D eigenvalue weighted by atomic mass is 9.84. The number of hydrogen-bond donors (Lipinski definition) is 2. The fourth-order valence-corrected chi connectivity index (χ4v) is 4.64. The maximum Gasteiger partial charge on any atom is 0.205 e. The van der Waals surface area contributed by atoms with Crippen molar-refractivity contribution in [1.82, 2.24) is 5.32 Å². The number of nitrogens with one attached hydrogen (secondary N) is 1. The smallest absolute Gasteiger partial charge is 0.205 e. The fourth-order valence-electron chi connectivity index (χ4n) is 3.10. The second-order valence-electron chi connectivity index (χ2n) is 5.58. The van der Waals surface area contributed by atoms with Gasteiger partial charge in [-0.3, -0.25) is 0 Å². The molecular formula is C18H15N3OS2. The maximum atomic E-state index is 9.58. The molecule has 0 saturated heterocycles. The Morgan fingerprint density at radius 3 is 2.79 bits per heavy atom. The number of allylic oxidation sites excluding steroid dienone is 1. The molecule has 0 aliphatic carbocycles. The molecule has 0 aromatic carbocycles. The second-order valence-corrected chi connectivity index (χ2v) is 7.54. The van der Waals surface area contributed by atoms with Crippen LogP contribution in [0.25, 0.3) is 6.08 Å². The average molecular weight is 353 g/mol. The van der Waals surface area contributed by atoms with Crippen LogP contribution in [0.2, 0.25) is 0 Å². The van der Waals surface area contributed by atoms with E-state index in [9.17, 15) is 5.26 Å². The molecule has 0 bridgehead atoms. The van der Waals surface area contributed by atoms with Gasteiger partial charge in [-0.2, -0.15) is 5.26 Å². The minimum absolute atomic E-state index is 0.127. The van der Waals surface area contributed by atoms with Gasteiger partial charge in [0.25, 0.3) is 0 Å². The van der Waals surface area contributed by atoms with Crippen molar-refractivity contribution in [3.63, 3.8) is 0 Å². The van der Waals surface area contributed by atoms with Gasteiger partial charge in [-0.15, -0.1) is 22.7 Å². The van der Waals surface area contributed by atoms with Crippen molar-refractivity contribution < 1.29 is 4.74 Å². The van der Waals surface area contributed by atoms with E-state index in [1.165, 1.54) is 4.88 Å². The number of rotatable bonds is 2. The molecule has 2 aliphatic heterocycles. The van der Waals surface area contributed by atoms with Gasteiger partial charge in [0.1, 0.15) is 17.4 Å². The number of nitriles is 1. The normalized spacial score (nSPS) is 22.3. The third-order valence-electron chi connectivity index (χ3n) is 4.14. The van der Waals surface area contributed by atoms with Crippen LogP contribution in [-0.4, -0.2) is 13.1 Å². The highest BCUT2D eigenvalue weighted by atomic mass is 32.1. The van der Waals surface area contributed by atoms with Crippen LogP contribution in [-0.2, 0) is 4.74 Å². The van der Waals surface area contributed by atoms with Crippen LogP contribution < -0.4 is 11.1 Å². The molecule has 4 rings (SSSR count). The molecule has 2 aromatic heterocycles. The van der Waals surface area contributed by atoms with Crippen LogP contribution in [0, 0.1) is 11.3 Å². The molecule has 0 amide bonds. The van der Waals surface area contributed by atoms with Crippen LogP contribution in [0.4, 0.5) is 0 Å². The van der Waals surface area contributed by atoms with Gasteiger partial charge in [0.05, 0.1) is 5.92 Å². The minimum atomic E-state index is -0.127. The van der Waals surface area contributed by atoms with Crippen molar-refractivity contribution in [2.75, 3.05) is 13.1 Å². The van der Waals surface area contributed by atoms with E-state index in [2.05, 4.69) is 28.9 Å². The summed E-state index contributed by atoms with van der Waals surface area (Å²) in [5.41, 5.74) is 8.74. The largest absolute Gasteiger partial charge is 0.440 e. The van der Waals surface area contributed by atoms with Gasteiger partial charge in [-0.1, -0.05) is 12.1 Å². The highest BCUT2D eigenvalue weighted by Crippen LogP contribution is 2.43. The molecule has 2 aliphatic rings. The van der Waals surface area contributed by atoms with Gasteiger partial charge >= 0.3 is 0 Å². The Labute approximate surface area is 148 Å². The predicted octanol–water partition coefficient (Wildman–Crippen LogP) is 3.56. The first-order chi connectivity index (χ1) is 11.8. The van der Waals surface area contributed by atoms with Gasteiger partial charge < -0.3 is 15.8 Å². The zero-order valence-corrected chi connectivity index (χ0v) is 14.4. The average Bonchev–Trinajstić information content (AvgIpc) is 3.28. The monoisotopic (exact) mass is 353 g/mol. The molecule has 0 spiro atoms. The van der Waals surface area contributed by atoms with Crippen molar-refractivity contribution in [2.24, 2.45) is 5.73 Å². The number of nitrogens with zero attached hydrogens (tertiary/aromatic N) is 1. The third kappa shape index (κ3) is 2.57. The maximum absolute atomic E-state index is 9.58. The molecule has 0 unspecified atom stereocenters.